The maximum absolute atomic E-state index is 5.30. The summed E-state index contributed by atoms with van der Waals surface area (Å²) in [7, 11) is 1.62. The van der Waals surface area contributed by atoms with Gasteiger partial charge >= 0.3 is 0 Å². The number of rotatable bonds is 4. The highest BCUT2D eigenvalue weighted by Crippen LogP contribution is 2.35. The Labute approximate surface area is 180 Å². The number of nitrogens with one attached hydrogen (secondary N) is 2. The van der Waals surface area contributed by atoms with E-state index in [0.29, 0.717) is 5.75 Å². The van der Waals surface area contributed by atoms with Crippen molar-refractivity contribution >= 4 is 33.3 Å². The van der Waals surface area contributed by atoms with E-state index in [0.717, 1.165) is 50.1 Å². The molecule has 6 aromatic rings. The lowest BCUT2D eigenvalue weighted by Crippen LogP contribution is -1.88. The molecular weight excluding hydrogens is 408 g/mol. The van der Waals surface area contributed by atoms with Gasteiger partial charge in [0.2, 0.25) is 0 Å². The van der Waals surface area contributed by atoms with Crippen LogP contribution in [0.3, 0.4) is 0 Å². The number of ether oxygens (including phenoxy) is 1. The summed E-state index contributed by atoms with van der Waals surface area (Å²) >= 11 is 1.71. The highest BCUT2D eigenvalue weighted by Gasteiger charge is 2.15. The monoisotopic (exact) mass is 424 g/mol. The van der Waals surface area contributed by atoms with Crippen LogP contribution >= 0.6 is 11.3 Å². The molecule has 0 radical (unpaired) electrons. The molecule has 0 fully saturated rings. The minimum Gasteiger partial charge on any atom is -0.495 e. The first-order valence-electron chi connectivity index (χ1n) is 9.65. The van der Waals surface area contributed by atoms with E-state index in [9.17, 15) is 0 Å². The number of hydrogen-bond acceptors (Lipinski definition) is 6. The molecule has 0 saturated heterocycles. The fraction of sp³-hybridized carbons (Fsp3) is 0.0435. The third kappa shape index (κ3) is 2.96. The number of thiophene rings is 1. The zero-order valence-corrected chi connectivity index (χ0v) is 17.3. The van der Waals surface area contributed by atoms with Crippen LogP contribution in [0.5, 0.6) is 5.75 Å². The van der Waals surface area contributed by atoms with Crippen LogP contribution in [0.4, 0.5) is 0 Å². The molecule has 0 aromatic carbocycles. The van der Waals surface area contributed by atoms with Crippen molar-refractivity contribution in [3.05, 3.63) is 66.6 Å². The van der Waals surface area contributed by atoms with E-state index in [-0.39, 0.29) is 0 Å². The minimum atomic E-state index is 0.689. The van der Waals surface area contributed by atoms with Crippen molar-refractivity contribution in [2.45, 2.75) is 0 Å². The average molecular weight is 424 g/mol. The molecule has 0 saturated carbocycles. The van der Waals surface area contributed by atoms with Crippen LogP contribution in [0.1, 0.15) is 0 Å². The van der Waals surface area contributed by atoms with Crippen molar-refractivity contribution in [2.75, 3.05) is 7.11 Å². The normalized spacial score (nSPS) is 11.4. The van der Waals surface area contributed by atoms with Gasteiger partial charge in [0.05, 0.1) is 36.4 Å². The summed E-state index contributed by atoms with van der Waals surface area (Å²) in [4.78, 5) is 18.0. The molecule has 6 heterocycles. The molecule has 0 aliphatic rings. The Balaban J connectivity index is 1.50. The van der Waals surface area contributed by atoms with Gasteiger partial charge < -0.3 is 9.72 Å². The van der Waals surface area contributed by atoms with E-state index < -0.39 is 0 Å². The van der Waals surface area contributed by atoms with E-state index >= 15 is 0 Å². The first-order valence-corrected chi connectivity index (χ1v) is 10.5. The highest BCUT2D eigenvalue weighted by atomic mass is 32.1. The van der Waals surface area contributed by atoms with Crippen molar-refractivity contribution in [3.8, 4) is 38.8 Å². The van der Waals surface area contributed by atoms with Gasteiger partial charge in [-0.05, 0) is 35.7 Å². The van der Waals surface area contributed by atoms with Gasteiger partial charge in [-0.1, -0.05) is 6.07 Å². The zero-order valence-electron chi connectivity index (χ0n) is 16.5. The van der Waals surface area contributed by atoms with Crippen LogP contribution < -0.4 is 4.74 Å². The van der Waals surface area contributed by atoms with Crippen molar-refractivity contribution in [3.63, 3.8) is 0 Å². The fourth-order valence-electron chi connectivity index (χ4n) is 3.75. The summed E-state index contributed by atoms with van der Waals surface area (Å²) in [5, 5.41) is 11.8. The number of fused-ring (bicyclic) bond motifs is 2. The summed E-state index contributed by atoms with van der Waals surface area (Å²) < 4.78 is 5.30. The van der Waals surface area contributed by atoms with Crippen LogP contribution in [0, 0.1) is 0 Å². The van der Waals surface area contributed by atoms with Gasteiger partial charge in [-0.2, -0.15) is 5.10 Å². The molecule has 0 amide bonds. The summed E-state index contributed by atoms with van der Waals surface area (Å²) in [6.45, 7) is 0. The molecule has 0 bridgehead atoms. The maximum atomic E-state index is 5.30. The third-order valence-electron chi connectivity index (χ3n) is 5.27. The largest absolute Gasteiger partial charge is 0.495 e. The van der Waals surface area contributed by atoms with Crippen LogP contribution in [0.25, 0.3) is 55.0 Å². The van der Waals surface area contributed by atoms with Gasteiger partial charge in [0.1, 0.15) is 17.1 Å². The Bertz CT molecular complexity index is 1530. The van der Waals surface area contributed by atoms with Gasteiger partial charge in [0.25, 0.3) is 0 Å². The Morgan fingerprint density at radius 1 is 1.00 bits per heavy atom. The molecular formula is C23H16N6OS. The molecule has 0 aliphatic carbocycles. The van der Waals surface area contributed by atoms with E-state index in [2.05, 4.69) is 53.7 Å². The summed E-state index contributed by atoms with van der Waals surface area (Å²) in [6.07, 6.45) is 7.07. The predicted molar refractivity (Wildman–Crippen MR) is 122 cm³/mol. The Hall–Kier alpha value is -4.04. The molecule has 0 atom stereocenters. The highest BCUT2D eigenvalue weighted by molar-refractivity contribution is 7.13. The molecule has 8 heteroatoms. The average Bonchev–Trinajstić information content (AvgIpc) is 3.57. The first kappa shape index (κ1) is 17.8. The summed E-state index contributed by atoms with van der Waals surface area (Å²) in [6, 6.07) is 12.3. The number of aromatic nitrogens is 6. The van der Waals surface area contributed by atoms with Crippen LogP contribution in [0.2, 0.25) is 0 Å². The quantitative estimate of drug-likeness (QED) is 0.401. The standard InChI is InChI=1S/C23H16N6OS/c1-30-14-7-13(10-24-11-14)18-9-17-20(12-26-18)28-29-22(17)19-8-16-15(21-3-2-6-31-21)4-5-25-23(16)27-19/h2-12H,1H3,(H,25,27)(H,28,29). The van der Waals surface area contributed by atoms with Crippen molar-refractivity contribution in [1.82, 2.24) is 30.1 Å². The van der Waals surface area contributed by atoms with E-state index in [1.54, 1.807) is 37.0 Å². The Kier molecular flexibility index (Phi) is 4.03. The fourth-order valence-corrected chi connectivity index (χ4v) is 4.52. The molecule has 2 N–H and O–H groups in total. The number of pyridine rings is 3. The molecule has 7 nitrogen and oxygen atoms in total. The molecule has 0 aliphatic heterocycles. The van der Waals surface area contributed by atoms with Crippen molar-refractivity contribution in [2.24, 2.45) is 0 Å². The number of hydrogen-bond donors (Lipinski definition) is 2. The molecule has 0 unspecified atom stereocenters. The maximum Gasteiger partial charge on any atom is 0.138 e. The lowest BCUT2D eigenvalue weighted by Gasteiger charge is -2.04. The minimum absolute atomic E-state index is 0.689. The van der Waals surface area contributed by atoms with E-state index in [4.69, 9.17) is 4.74 Å². The third-order valence-corrected chi connectivity index (χ3v) is 6.17. The smallest absolute Gasteiger partial charge is 0.138 e. The van der Waals surface area contributed by atoms with Gasteiger partial charge in [-0.25, -0.2) is 4.98 Å². The van der Waals surface area contributed by atoms with Crippen molar-refractivity contribution < 1.29 is 4.74 Å². The number of nitrogens with zero attached hydrogens (tertiary/aromatic N) is 4. The molecule has 31 heavy (non-hydrogen) atoms. The topological polar surface area (TPSA) is 92.4 Å². The molecule has 6 rings (SSSR count). The second-order valence-electron chi connectivity index (χ2n) is 7.08. The summed E-state index contributed by atoms with van der Waals surface area (Å²) in [5.74, 6) is 0.689. The SMILES string of the molecule is COc1cncc(-c2cc3c(-c4cc5c(-c6cccs6)ccnc5[nH]4)n[nH]c3cn2)c1. The lowest BCUT2D eigenvalue weighted by molar-refractivity contribution is 0.413. The Morgan fingerprint density at radius 2 is 1.97 bits per heavy atom. The predicted octanol–water partition coefficient (Wildman–Crippen LogP) is 5.30. The summed E-state index contributed by atoms with van der Waals surface area (Å²) in [5.41, 5.74) is 6.26. The second-order valence-corrected chi connectivity index (χ2v) is 8.03. The second kappa shape index (κ2) is 7.03. The number of methoxy groups -OCH3 is 1. The van der Waals surface area contributed by atoms with Crippen molar-refractivity contribution in [1.29, 1.82) is 0 Å². The zero-order chi connectivity index (χ0) is 20.8. The van der Waals surface area contributed by atoms with Crippen LogP contribution in [0.15, 0.2) is 66.6 Å². The lowest BCUT2D eigenvalue weighted by atomic mass is 10.1. The number of H-pyrrole nitrogens is 2. The Morgan fingerprint density at radius 3 is 2.84 bits per heavy atom. The molecule has 150 valence electrons. The molecule has 6 aromatic heterocycles. The van der Waals surface area contributed by atoms with Crippen LogP contribution in [-0.2, 0) is 0 Å². The molecule has 0 spiro atoms. The van der Waals surface area contributed by atoms with Crippen LogP contribution in [-0.4, -0.2) is 37.2 Å². The van der Waals surface area contributed by atoms with E-state index in [1.807, 2.05) is 24.4 Å². The van der Waals surface area contributed by atoms with Gasteiger partial charge in [-0.3, -0.25) is 15.1 Å². The van der Waals surface area contributed by atoms with Gasteiger partial charge in [0, 0.05) is 39.2 Å². The first-order chi connectivity index (χ1) is 15.3. The van der Waals surface area contributed by atoms with Gasteiger partial charge in [-0.15, -0.1) is 11.3 Å². The van der Waals surface area contributed by atoms with Gasteiger partial charge in [0.15, 0.2) is 0 Å². The number of aromatic amines is 2. The van der Waals surface area contributed by atoms with E-state index in [1.165, 1.54) is 4.88 Å².